The van der Waals surface area contributed by atoms with Gasteiger partial charge in [-0.05, 0) is 32.9 Å². The summed E-state index contributed by atoms with van der Waals surface area (Å²) in [6.45, 7) is 6.30. The Labute approximate surface area is 98.6 Å². The van der Waals surface area contributed by atoms with Crippen LogP contribution in [0.25, 0.3) is 0 Å². The molecule has 0 aliphatic rings. The molecule has 1 aromatic rings. The summed E-state index contributed by atoms with van der Waals surface area (Å²) in [5.74, 6) is 0.0520. The highest BCUT2D eigenvalue weighted by Crippen LogP contribution is 2.23. The number of aromatic nitrogens is 1. The number of amides is 1. The van der Waals surface area contributed by atoms with Gasteiger partial charge >= 0.3 is 0 Å². The molecule has 1 aromatic heterocycles. The Morgan fingerprint density at radius 2 is 2.00 bits per heavy atom. The molecular formula is C11H15BrN2O. The van der Waals surface area contributed by atoms with Crippen LogP contribution in [-0.4, -0.2) is 21.8 Å². The average molecular weight is 271 g/mol. The summed E-state index contributed by atoms with van der Waals surface area (Å²) in [5.41, 5.74) is 0.880. The molecule has 0 spiro atoms. The van der Waals surface area contributed by atoms with E-state index >= 15 is 0 Å². The zero-order valence-electron chi connectivity index (χ0n) is 9.20. The van der Waals surface area contributed by atoms with Crippen molar-refractivity contribution in [2.24, 2.45) is 0 Å². The minimum atomic E-state index is -0.535. The van der Waals surface area contributed by atoms with Gasteiger partial charge in [-0.25, -0.2) is 0 Å². The van der Waals surface area contributed by atoms with E-state index in [4.69, 9.17) is 0 Å². The number of alkyl halides is 1. The van der Waals surface area contributed by atoms with Gasteiger partial charge in [0.05, 0.1) is 4.32 Å². The fourth-order valence-electron chi connectivity index (χ4n) is 1.29. The molecule has 3 nitrogen and oxygen atoms in total. The highest BCUT2D eigenvalue weighted by molar-refractivity contribution is 9.10. The summed E-state index contributed by atoms with van der Waals surface area (Å²) in [6, 6.07) is 3.67. The molecule has 82 valence electrons. The number of pyridine rings is 1. The molecule has 15 heavy (non-hydrogen) atoms. The van der Waals surface area contributed by atoms with Crippen molar-refractivity contribution in [1.82, 2.24) is 4.98 Å². The summed E-state index contributed by atoms with van der Waals surface area (Å²) in [4.78, 5) is 17.7. The van der Waals surface area contributed by atoms with Crippen molar-refractivity contribution in [2.45, 2.75) is 25.1 Å². The molecular weight excluding hydrogens is 256 g/mol. The lowest BCUT2D eigenvalue weighted by Crippen LogP contribution is -2.41. The quantitative estimate of drug-likeness (QED) is 0.792. The van der Waals surface area contributed by atoms with E-state index in [-0.39, 0.29) is 5.91 Å². The van der Waals surface area contributed by atoms with Gasteiger partial charge in [-0.15, -0.1) is 0 Å². The van der Waals surface area contributed by atoms with Crippen molar-refractivity contribution < 1.29 is 4.79 Å². The number of carbonyl (C=O) groups is 1. The number of halogens is 1. The molecule has 0 N–H and O–H groups in total. The van der Waals surface area contributed by atoms with Crippen LogP contribution in [0.3, 0.4) is 0 Å². The zero-order chi connectivity index (χ0) is 11.5. The number of anilines is 1. The predicted molar refractivity (Wildman–Crippen MR) is 65.3 cm³/mol. The van der Waals surface area contributed by atoms with Crippen molar-refractivity contribution in [3.63, 3.8) is 0 Å². The Kier molecular flexibility index (Phi) is 3.85. The average Bonchev–Trinajstić information content (AvgIpc) is 2.19. The lowest BCUT2D eigenvalue weighted by molar-refractivity contribution is -0.119. The van der Waals surface area contributed by atoms with Crippen molar-refractivity contribution in [2.75, 3.05) is 11.4 Å². The monoisotopic (exact) mass is 270 g/mol. The third-order valence-electron chi connectivity index (χ3n) is 2.04. The van der Waals surface area contributed by atoms with E-state index in [0.717, 1.165) is 5.69 Å². The Hall–Kier alpha value is -0.900. The van der Waals surface area contributed by atoms with Crippen LogP contribution in [0.4, 0.5) is 5.69 Å². The first kappa shape index (κ1) is 12.2. The Morgan fingerprint density at radius 3 is 2.40 bits per heavy atom. The van der Waals surface area contributed by atoms with Gasteiger partial charge in [0.25, 0.3) is 0 Å². The van der Waals surface area contributed by atoms with E-state index in [1.807, 2.05) is 32.9 Å². The molecule has 0 fully saturated rings. The van der Waals surface area contributed by atoms with Gasteiger partial charge in [0.15, 0.2) is 0 Å². The molecule has 0 saturated carbocycles. The SMILES string of the molecule is CCN(C(=O)C(C)(C)Br)c1ccncc1. The first-order valence-corrected chi connectivity index (χ1v) is 5.67. The molecule has 0 aromatic carbocycles. The van der Waals surface area contributed by atoms with Crippen LogP contribution >= 0.6 is 15.9 Å². The summed E-state index contributed by atoms with van der Waals surface area (Å²) in [6.07, 6.45) is 3.37. The van der Waals surface area contributed by atoms with Crippen molar-refractivity contribution in [3.8, 4) is 0 Å². The highest BCUT2D eigenvalue weighted by Gasteiger charge is 2.28. The topological polar surface area (TPSA) is 33.2 Å². The molecule has 0 aliphatic carbocycles. The maximum absolute atomic E-state index is 12.1. The number of hydrogen-bond acceptors (Lipinski definition) is 2. The fraction of sp³-hybridized carbons (Fsp3) is 0.455. The van der Waals surface area contributed by atoms with E-state index in [2.05, 4.69) is 20.9 Å². The summed E-state index contributed by atoms with van der Waals surface area (Å²) in [5, 5.41) is 0. The third kappa shape index (κ3) is 3.02. The first-order chi connectivity index (χ1) is 6.96. The molecule has 0 saturated heterocycles. The van der Waals surface area contributed by atoms with Crippen LogP contribution in [-0.2, 0) is 4.79 Å². The Bertz CT molecular complexity index is 332. The standard InChI is InChI=1S/C11H15BrN2O/c1-4-14(10(15)11(2,3)12)9-5-7-13-8-6-9/h5-8H,4H2,1-3H3. The van der Waals surface area contributed by atoms with E-state index in [0.29, 0.717) is 6.54 Å². The fourth-order valence-corrected chi connectivity index (χ4v) is 1.50. The van der Waals surface area contributed by atoms with Crippen LogP contribution in [0, 0.1) is 0 Å². The number of rotatable bonds is 3. The molecule has 4 heteroatoms. The summed E-state index contributed by atoms with van der Waals surface area (Å²) < 4.78 is -0.535. The van der Waals surface area contributed by atoms with Gasteiger partial charge < -0.3 is 4.90 Å². The number of carbonyl (C=O) groups excluding carboxylic acids is 1. The number of nitrogens with zero attached hydrogens (tertiary/aromatic N) is 2. The van der Waals surface area contributed by atoms with Gasteiger partial charge in [0, 0.05) is 24.6 Å². The molecule has 1 heterocycles. The van der Waals surface area contributed by atoms with Crippen molar-refractivity contribution in [1.29, 1.82) is 0 Å². The minimum Gasteiger partial charge on any atom is -0.311 e. The van der Waals surface area contributed by atoms with Crippen molar-refractivity contribution >= 4 is 27.5 Å². The zero-order valence-corrected chi connectivity index (χ0v) is 10.8. The lowest BCUT2D eigenvalue weighted by atomic mass is 10.1. The molecule has 0 unspecified atom stereocenters. The minimum absolute atomic E-state index is 0.0520. The normalized spacial score (nSPS) is 11.2. The first-order valence-electron chi connectivity index (χ1n) is 4.87. The van der Waals surface area contributed by atoms with Crippen LogP contribution in [0.1, 0.15) is 20.8 Å². The van der Waals surface area contributed by atoms with E-state index in [1.165, 1.54) is 0 Å². The maximum Gasteiger partial charge on any atom is 0.243 e. The Morgan fingerprint density at radius 1 is 1.47 bits per heavy atom. The van der Waals surface area contributed by atoms with Gasteiger partial charge in [-0.2, -0.15) is 0 Å². The summed E-state index contributed by atoms with van der Waals surface area (Å²) >= 11 is 3.38. The highest BCUT2D eigenvalue weighted by atomic mass is 79.9. The second kappa shape index (κ2) is 4.75. The van der Waals surface area contributed by atoms with Gasteiger partial charge in [0.1, 0.15) is 0 Å². The number of hydrogen-bond donors (Lipinski definition) is 0. The van der Waals surface area contributed by atoms with Crippen molar-refractivity contribution in [3.05, 3.63) is 24.5 Å². The predicted octanol–water partition coefficient (Wildman–Crippen LogP) is 2.61. The van der Waals surface area contributed by atoms with E-state index in [9.17, 15) is 4.79 Å². The second-order valence-corrected chi connectivity index (χ2v) is 5.71. The molecule has 0 bridgehead atoms. The van der Waals surface area contributed by atoms with E-state index < -0.39 is 4.32 Å². The molecule has 1 amide bonds. The molecule has 0 radical (unpaired) electrons. The van der Waals surface area contributed by atoms with Crippen LogP contribution in [0.5, 0.6) is 0 Å². The summed E-state index contributed by atoms with van der Waals surface area (Å²) in [7, 11) is 0. The van der Waals surface area contributed by atoms with Gasteiger partial charge in [-0.3, -0.25) is 9.78 Å². The van der Waals surface area contributed by atoms with Crippen LogP contribution < -0.4 is 4.90 Å². The Balaban J connectivity index is 2.96. The lowest BCUT2D eigenvalue weighted by Gasteiger charge is -2.27. The maximum atomic E-state index is 12.1. The van der Waals surface area contributed by atoms with Crippen LogP contribution in [0.2, 0.25) is 0 Å². The van der Waals surface area contributed by atoms with E-state index in [1.54, 1.807) is 17.3 Å². The molecule has 0 atom stereocenters. The second-order valence-electron chi connectivity index (χ2n) is 3.73. The molecule has 0 aliphatic heterocycles. The van der Waals surface area contributed by atoms with Gasteiger partial charge in [-0.1, -0.05) is 15.9 Å². The van der Waals surface area contributed by atoms with Gasteiger partial charge in [0.2, 0.25) is 5.91 Å². The molecule has 1 rings (SSSR count). The smallest absolute Gasteiger partial charge is 0.243 e. The largest absolute Gasteiger partial charge is 0.311 e. The third-order valence-corrected chi connectivity index (χ3v) is 2.38. The van der Waals surface area contributed by atoms with Crippen LogP contribution in [0.15, 0.2) is 24.5 Å².